The van der Waals surface area contributed by atoms with Crippen LogP contribution in [0.4, 0.5) is 0 Å². The number of carboxylic acid groups (broad SMARTS) is 1. The number of benzene rings is 1. The number of esters is 1. The summed E-state index contributed by atoms with van der Waals surface area (Å²) < 4.78 is 15.2. The Morgan fingerprint density at radius 2 is 2.00 bits per heavy atom. The Balaban J connectivity index is 2.09. The maximum absolute atomic E-state index is 11.5. The van der Waals surface area contributed by atoms with Crippen molar-refractivity contribution in [2.75, 3.05) is 14.2 Å². The number of aromatic carboxylic acids is 1. The van der Waals surface area contributed by atoms with Crippen molar-refractivity contribution in [2.45, 2.75) is 25.0 Å². The van der Waals surface area contributed by atoms with Gasteiger partial charge < -0.3 is 19.3 Å². The Morgan fingerprint density at radius 1 is 1.30 bits per heavy atom. The maximum Gasteiger partial charge on any atom is 0.339 e. The number of rotatable bonds is 6. The summed E-state index contributed by atoms with van der Waals surface area (Å²) in [7, 11) is 2.73. The largest absolute Gasteiger partial charge is 0.496 e. The molecule has 0 saturated heterocycles. The van der Waals surface area contributed by atoms with Crippen LogP contribution in [0.25, 0.3) is 0 Å². The van der Waals surface area contributed by atoms with E-state index in [2.05, 4.69) is 4.74 Å². The highest BCUT2D eigenvalue weighted by Gasteiger charge is 2.52. The summed E-state index contributed by atoms with van der Waals surface area (Å²) in [6.07, 6.45) is 1.25. The molecule has 20 heavy (non-hydrogen) atoms. The van der Waals surface area contributed by atoms with Crippen LogP contribution in [0.5, 0.6) is 5.75 Å². The molecule has 0 aromatic heterocycles. The van der Waals surface area contributed by atoms with E-state index < -0.39 is 11.6 Å². The Kier molecular flexibility index (Phi) is 3.94. The third kappa shape index (κ3) is 2.75. The minimum absolute atomic E-state index is 0.0662. The van der Waals surface area contributed by atoms with Crippen molar-refractivity contribution in [3.8, 4) is 5.75 Å². The van der Waals surface area contributed by atoms with Gasteiger partial charge in [0.15, 0.2) is 5.60 Å². The number of hydrogen-bond donors (Lipinski definition) is 1. The van der Waals surface area contributed by atoms with Crippen LogP contribution in [0, 0.1) is 0 Å². The molecule has 0 bridgehead atoms. The van der Waals surface area contributed by atoms with Crippen molar-refractivity contribution in [1.29, 1.82) is 0 Å². The average molecular weight is 280 g/mol. The smallest absolute Gasteiger partial charge is 0.339 e. The SMILES string of the molecule is COC(=O)C1(OCc2ccc(OC)c(C(=O)O)c2)CC1. The van der Waals surface area contributed by atoms with E-state index in [1.807, 2.05) is 0 Å². The molecule has 0 aliphatic heterocycles. The summed E-state index contributed by atoms with van der Waals surface area (Å²) in [5.41, 5.74) is -0.118. The first-order valence-corrected chi connectivity index (χ1v) is 6.15. The molecule has 0 amide bonds. The van der Waals surface area contributed by atoms with E-state index in [1.54, 1.807) is 12.1 Å². The lowest BCUT2D eigenvalue weighted by Gasteiger charge is -2.14. The molecule has 0 spiro atoms. The maximum atomic E-state index is 11.5. The van der Waals surface area contributed by atoms with Crippen LogP contribution in [-0.4, -0.2) is 36.9 Å². The van der Waals surface area contributed by atoms with Crippen molar-refractivity contribution in [1.82, 2.24) is 0 Å². The zero-order valence-corrected chi connectivity index (χ0v) is 11.3. The van der Waals surface area contributed by atoms with Gasteiger partial charge in [-0.15, -0.1) is 0 Å². The van der Waals surface area contributed by atoms with Crippen LogP contribution in [-0.2, 0) is 20.9 Å². The van der Waals surface area contributed by atoms with E-state index in [0.717, 1.165) is 0 Å². The number of methoxy groups -OCH3 is 2. The van der Waals surface area contributed by atoms with Gasteiger partial charge in [0.1, 0.15) is 11.3 Å². The molecule has 0 unspecified atom stereocenters. The molecule has 1 aliphatic rings. The molecule has 0 heterocycles. The molecule has 1 aromatic carbocycles. The van der Waals surface area contributed by atoms with Crippen LogP contribution >= 0.6 is 0 Å². The zero-order valence-electron chi connectivity index (χ0n) is 11.3. The summed E-state index contributed by atoms with van der Waals surface area (Å²) in [4.78, 5) is 22.6. The summed E-state index contributed by atoms with van der Waals surface area (Å²) in [6.45, 7) is 0.152. The summed E-state index contributed by atoms with van der Waals surface area (Å²) >= 11 is 0. The fraction of sp³-hybridized carbons (Fsp3) is 0.429. The predicted octanol–water partition coefficient (Wildman–Crippen LogP) is 1.62. The molecule has 108 valence electrons. The number of carbonyl (C=O) groups excluding carboxylic acids is 1. The van der Waals surface area contributed by atoms with Gasteiger partial charge in [-0.05, 0) is 30.5 Å². The van der Waals surface area contributed by atoms with E-state index in [0.29, 0.717) is 18.4 Å². The van der Waals surface area contributed by atoms with Crippen LogP contribution in [0.3, 0.4) is 0 Å². The van der Waals surface area contributed by atoms with E-state index in [1.165, 1.54) is 20.3 Å². The van der Waals surface area contributed by atoms with E-state index >= 15 is 0 Å². The highest BCUT2D eigenvalue weighted by atomic mass is 16.6. The fourth-order valence-corrected chi connectivity index (χ4v) is 1.94. The number of hydrogen-bond acceptors (Lipinski definition) is 5. The Morgan fingerprint density at radius 3 is 2.50 bits per heavy atom. The van der Waals surface area contributed by atoms with Gasteiger partial charge in [0.2, 0.25) is 0 Å². The van der Waals surface area contributed by atoms with Crippen molar-refractivity contribution in [3.63, 3.8) is 0 Å². The van der Waals surface area contributed by atoms with E-state index in [4.69, 9.17) is 14.6 Å². The first-order chi connectivity index (χ1) is 9.52. The second-order valence-electron chi connectivity index (χ2n) is 4.61. The number of ether oxygens (including phenoxy) is 3. The van der Waals surface area contributed by atoms with Crippen molar-refractivity contribution in [3.05, 3.63) is 29.3 Å². The summed E-state index contributed by atoms with van der Waals surface area (Å²) in [5, 5.41) is 9.09. The number of carboxylic acids is 1. The van der Waals surface area contributed by atoms with Crippen LogP contribution in [0.15, 0.2) is 18.2 Å². The lowest BCUT2D eigenvalue weighted by molar-refractivity contribution is -0.158. The molecule has 1 aromatic rings. The first-order valence-electron chi connectivity index (χ1n) is 6.15. The van der Waals surface area contributed by atoms with Gasteiger partial charge in [0.25, 0.3) is 0 Å². The van der Waals surface area contributed by atoms with Gasteiger partial charge in [-0.2, -0.15) is 0 Å². The zero-order chi connectivity index (χ0) is 14.8. The van der Waals surface area contributed by atoms with Gasteiger partial charge >= 0.3 is 11.9 Å². The molecule has 1 N–H and O–H groups in total. The fourth-order valence-electron chi connectivity index (χ4n) is 1.94. The molecule has 1 saturated carbocycles. The second-order valence-corrected chi connectivity index (χ2v) is 4.61. The second kappa shape index (κ2) is 5.50. The lowest BCUT2D eigenvalue weighted by Crippen LogP contribution is -2.27. The lowest BCUT2D eigenvalue weighted by atomic mass is 10.1. The minimum atomic E-state index is -1.07. The third-order valence-corrected chi connectivity index (χ3v) is 3.27. The topological polar surface area (TPSA) is 82.1 Å². The normalized spacial score (nSPS) is 15.5. The molecule has 1 aliphatic carbocycles. The predicted molar refractivity (Wildman–Crippen MR) is 68.7 cm³/mol. The Bertz CT molecular complexity index is 532. The van der Waals surface area contributed by atoms with Gasteiger partial charge in [0, 0.05) is 0 Å². The molecule has 0 atom stereocenters. The van der Waals surface area contributed by atoms with Crippen molar-refractivity contribution in [2.24, 2.45) is 0 Å². The van der Waals surface area contributed by atoms with Crippen molar-refractivity contribution >= 4 is 11.9 Å². The highest BCUT2D eigenvalue weighted by molar-refractivity contribution is 5.91. The van der Waals surface area contributed by atoms with Gasteiger partial charge in [-0.25, -0.2) is 9.59 Å². The van der Waals surface area contributed by atoms with E-state index in [9.17, 15) is 9.59 Å². The third-order valence-electron chi connectivity index (χ3n) is 3.27. The molecule has 0 radical (unpaired) electrons. The average Bonchev–Trinajstić information content (AvgIpc) is 3.25. The Hall–Kier alpha value is -2.08. The highest BCUT2D eigenvalue weighted by Crippen LogP contribution is 2.41. The monoisotopic (exact) mass is 280 g/mol. The molecule has 1 fully saturated rings. The molecule has 6 nitrogen and oxygen atoms in total. The molecule has 2 rings (SSSR count). The van der Waals surface area contributed by atoms with Crippen molar-refractivity contribution < 1.29 is 28.9 Å². The van der Waals surface area contributed by atoms with E-state index in [-0.39, 0.29) is 23.9 Å². The molecular weight excluding hydrogens is 264 g/mol. The quantitative estimate of drug-likeness (QED) is 0.797. The number of carbonyl (C=O) groups is 2. The minimum Gasteiger partial charge on any atom is -0.496 e. The van der Waals surface area contributed by atoms with Gasteiger partial charge in [-0.1, -0.05) is 6.07 Å². The first kappa shape index (κ1) is 14.3. The molecular formula is C14H16O6. The Labute approximate surface area is 116 Å². The van der Waals surface area contributed by atoms with Crippen LogP contribution in [0.1, 0.15) is 28.8 Å². The molecule has 6 heteroatoms. The summed E-state index contributed by atoms with van der Waals surface area (Å²) in [5.74, 6) is -1.17. The standard InChI is InChI=1S/C14H16O6/c1-18-11-4-3-9(7-10(11)12(15)16)8-20-14(5-6-14)13(17)19-2/h3-4,7H,5-6,8H2,1-2H3,(H,15,16). The summed E-state index contributed by atoms with van der Waals surface area (Å²) in [6, 6.07) is 4.76. The van der Waals surface area contributed by atoms with Gasteiger partial charge in [-0.3, -0.25) is 0 Å². The van der Waals surface area contributed by atoms with Crippen LogP contribution < -0.4 is 4.74 Å². The van der Waals surface area contributed by atoms with Crippen LogP contribution in [0.2, 0.25) is 0 Å². The van der Waals surface area contributed by atoms with Gasteiger partial charge in [0.05, 0.1) is 20.8 Å².